The number of unbranched alkanes of at least 4 members (excludes halogenated alkanes) is 4. The summed E-state index contributed by atoms with van der Waals surface area (Å²) >= 11 is 0. The van der Waals surface area contributed by atoms with Crippen LogP contribution in [0.1, 0.15) is 108 Å². The largest absolute Gasteiger partial charge is 0.368 e. The number of nitrogens with zero attached hydrogens (tertiary/aromatic N) is 2. The van der Waals surface area contributed by atoms with E-state index in [1.165, 1.54) is 76.2 Å². The number of hydrogen-bond donors (Lipinski definition) is 0. The minimum absolute atomic E-state index is 0.171. The van der Waals surface area contributed by atoms with Crippen molar-refractivity contribution in [3.05, 3.63) is 65.3 Å². The summed E-state index contributed by atoms with van der Waals surface area (Å²) < 4.78 is 5.42. The van der Waals surface area contributed by atoms with E-state index in [0.29, 0.717) is 5.92 Å². The van der Waals surface area contributed by atoms with E-state index in [1.807, 2.05) is 4.90 Å². The van der Waals surface area contributed by atoms with Gasteiger partial charge in [0.1, 0.15) is 6.10 Å². The lowest BCUT2D eigenvalue weighted by molar-refractivity contribution is -0.157. The quantitative estimate of drug-likeness (QED) is 0.198. The molecule has 42 heavy (non-hydrogen) atoms. The highest BCUT2D eigenvalue weighted by molar-refractivity contribution is 5.81. The Bertz CT molecular complexity index is 1150. The van der Waals surface area contributed by atoms with E-state index in [0.717, 1.165) is 68.6 Å². The molecule has 2 bridgehead atoms. The first kappa shape index (κ1) is 29.7. The number of piperazine rings is 1. The number of carbonyl (C=O) groups excluding carboxylic acids is 1. The number of rotatable bonds is 11. The van der Waals surface area contributed by atoms with E-state index in [2.05, 4.69) is 61.7 Å². The van der Waals surface area contributed by atoms with Crippen LogP contribution in [-0.4, -0.2) is 54.6 Å². The molecule has 228 valence electrons. The van der Waals surface area contributed by atoms with Crippen LogP contribution < -0.4 is 0 Å². The Morgan fingerprint density at radius 3 is 2.31 bits per heavy atom. The molecule has 0 spiro atoms. The van der Waals surface area contributed by atoms with Gasteiger partial charge in [0, 0.05) is 38.3 Å². The van der Waals surface area contributed by atoms with Gasteiger partial charge in [-0.3, -0.25) is 4.79 Å². The predicted molar refractivity (Wildman–Crippen MR) is 173 cm³/mol. The summed E-state index contributed by atoms with van der Waals surface area (Å²) in [7, 11) is 0. The lowest BCUT2D eigenvalue weighted by Crippen LogP contribution is -2.53. The topological polar surface area (TPSA) is 32.8 Å². The number of hydrogen-bond acceptors (Lipinski definition) is 3. The van der Waals surface area contributed by atoms with Gasteiger partial charge in [-0.25, -0.2) is 0 Å². The SMILES string of the molecule is C=C(c1ccc(C2CC3C4=CCC(CC)C=C(C4)C3CC2CCCCCCC)cc1)N1CCN(C(=O)C2CCO2)CC1. The third-order valence-corrected chi connectivity index (χ3v) is 11.4. The van der Waals surface area contributed by atoms with E-state index in [4.69, 9.17) is 4.74 Å². The van der Waals surface area contributed by atoms with Crippen molar-refractivity contribution in [2.45, 2.75) is 103 Å². The second kappa shape index (κ2) is 13.5. The van der Waals surface area contributed by atoms with Crippen molar-refractivity contribution in [2.24, 2.45) is 23.7 Å². The Kier molecular flexibility index (Phi) is 9.58. The normalized spacial score (nSPS) is 30.6. The van der Waals surface area contributed by atoms with Crippen LogP contribution >= 0.6 is 0 Å². The Labute approximate surface area is 255 Å². The standard InChI is InChI=1S/C38H54N2O2/c1-4-6-7-8-9-10-31-25-35-33-23-28(5-2)11-12-32(24-33)36(35)26-34(31)30-15-13-29(14-16-30)27(3)39-18-20-40(21-19-39)38(41)37-17-22-42-37/h12-16,23,28,31,34-37H,3-11,17-22,24-26H2,1-2H3. The second-order valence-electron chi connectivity index (χ2n) is 13.9. The number of fused-ring (bicyclic) bond motifs is 5. The predicted octanol–water partition coefficient (Wildman–Crippen LogP) is 8.36. The molecule has 2 saturated heterocycles. The van der Waals surface area contributed by atoms with Crippen molar-refractivity contribution in [2.75, 3.05) is 32.8 Å². The van der Waals surface area contributed by atoms with Gasteiger partial charge in [-0.05, 0) is 79.2 Å². The smallest absolute Gasteiger partial charge is 0.251 e. The fourth-order valence-corrected chi connectivity index (χ4v) is 8.64. The van der Waals surface area contributed by atoms with E-state index in [9.17, 15) is 4.79 Å². The molecule has 4 heteroatoms. The van der Waals surface area contributed by atoms with E-state index in [1.54, 1.807) is 16.7 Å². The van der Waals surface area contributed by atoms with Crippen LogP contribution in [0.2, 0.25) is 0 Å². The highest BCUT2D eigenvalue weighted by Crippen LogP contribution is 2.57. The summed E-state index contributed by atoms with van der Waals surface area (Å²) in [6.07, 6.45) is 20.7. The fourth-order valence-electron chi connectivity index (χ4n) is 8.64. The summed E-state index contributed by atoms with van der Waals surface area (Å²) in [6.45, 7) is 13.1. The van der Waals surface area contributed by atoms with Crippen LogP contribution in [0.5, 0.6) is 0 Å². The zero-order chi connectivity index (χ0) is 29.1. The highest BCUT2D eigenvalue weighted by Gasteiger charge is 2.45. The number of amides is 1. The average molecular weight is 571 g/mol. The van der Waals surface area contributed by atoms with Gasteiger partial charge in [-0.15, -0.1) is 0 Å². The molecule has 2 saturated carbocycles. The molecule has 6 atom stereocenters. The molecule has 2 heterocycles. The van der Waals surface area contributed by atoms with Gasteiger partial charge in [0.05, 0.1) is 6.61 Å². The van der Waals surface area contributed by atoms with Crippen molar-refractivity contribution in [3.63, 3.8) is 0 Å². The van der Waals surface area contributed by atoms with Gasteiger partial charge >= 0.3 is 0 Å². The monoisotopic (exact) mass is 570 g/mol. The maximum atomic E-state index is 12.6. The van der Waals surface area contributed by atoms with E-state index < -0.39 is 0 Å². The van der Waals surface area contributed by atoms with Crippen LogP contribution in [0.25, 0.3) is 5.70 Å². The molecule has 4 fully saturated rings. The maximum absolute atomic E-state index is 12.6. The summed E-state index contributed by atoms with van der Waals surface area (Å²) in [5, 5.41) is 0. The van der Waals surface area contributed by atoms with Crippen LogP contribution in [0, 0.1) is 23.7 Å². The minimum Gasteiger partial charge on any atom is -0.368 e. The van der Waals surface area contributed by atoms with Crippen molar-refractivity contribution in [3.8, 4) is 0 Å². The average Bonchev–Trinajstić information content (AvgIpc) is 3.17. The highest BCUT2D eigenvalue weighted by atomic mass is 16.5. The summed E-state index contributed by atoms with van der Waals surface area (Å²) in [5.74, 6) is 3.92. The van der Waals surface area contributed by atoms with Gasteiger partial charge < -0.3 is 14.5 Å². The first-order valence-electron chi connectivity index (χ1n) is 17.4. The Morgan fingerprint density at radius 1 is 0.905 bits per heavy atom. The van der Waals surface area contributed by atoms with Crippen LogP contribution in [0.4, 0.5) is 0 Å². The number of carbonyl (C=O) groups is 1. The Morgan fingerprint density at radius 2 is 1.62 bits per heavy atom. The summed E-state index contributed by atoms with van der Waals surface area (Å²) in [6, 6.07) is 9.51. The lowest BCUT2D eigenvalue weighted by Gasteiger charge is -2.41. The van der Waals surface area contributed by atoms with Gasteiger partial charge in [0.25, 0.3) is 5.91 Å². The number of ether oxygens (including phenoxy) is 1. The second-order valence-corrected chi connectivity index (χ2v) is 13.9. The molecule has 1 aromatic carbocycles. The van der Waals surface area contributed by atoms with E-state index >= 15 is 0 Å². The summed E-state index contributed by atoms with van der Waals surface area (Å²) in [4.78, 5) is 16.9. The first-order chi connectivity index (χ1) is 20.6. The van der Waals surface area contributed by atoms with Gasteiger partial charge in [-0.1, -0.05) is 100 Å². The molecule has 3 aliphatic carbocycles. The molecule has 6 unspecified atom stereocenters. The van der Waals surface area contributed by atoms with Crippen LogP contribution in [-0.2, 0) is 9.53 Å². The Balaban J connectivity index is 1.12. The number of benzene rings is 1. The molecule has 1 aromatic rings. The molecular formula is C38H54N2O2. The van der Waals surface area contributed by atoms with Gasteiger partial charge in [0.15, 0.2) is 0 Å². The molecule has 0 N–H and O–H groups in total. The molecule has 4 nitrogen and oxygen atoms in total. The van der Waals surface area contributed by atoms with Crippen molar-refractivity contribution < 1.29 is 9.53 Å². The molecule has 5 aliphatic rings. The minimum atomic E-state index is -0.197. The van der Waals surface area contributed by atoms with E-state index in [-0.39, 0.29) is 12.0 Å². The zero-order valence-electron chi connectivity index (χ0n) is 26.4. The molecule has 2 aliphatic heterocycles. The molecule has 0 aromatic heterocycles. The van der Waals surface area contributed by atoms with Gasteiger partial charge in [-0.2, -0.15) is 0 Å². The Hall–Kier alpha value is -2.33. The maximum Gasteiger partial charge on any atom is 0.251 e. The number of allylic oxidation sites excluding steroid dienone is 4. The van der Waals surface area contributed by atoms with Crippen molar-refractivity contribution in [1.82, 2.24) is 9.80 Å². The van der Waals surface area contributed by atoms with Crippen LogP contribution in [0.3, 0.4) is 0 Å². The van der Waals surface area contributed by atoms with Gasteiger partial charge in [0.2, 0.25) is 0 Å². The summed E-state index contributed by atoms with van der Waals surface area (Å²) in [5.41, 5.74) is 7.41. The molecule has 0 radical (unpaired) electrons. The first-order valence-corrected chi connectivity index (χ1v) is 17.4. The molecule has 6 rings (SSSR count). The molecular weight excluding hydrogens is 516 g/mol. The third-order valence-electron chi connectivity index (χ3n) is 11.4. The van der Waals surface area contributed by atoms with Crippen molar-refractivity contribution in [1.29, 1.82) is 0 Å². The molecule has 1 amide bonds. The third kappa shape index (κ3) is 6.30. The van der Waals surface area contributed by atoms with Crippen LogP contribution in [0.15, 0.2) is 54.1 Å². The fraction of sp³-hybridized carbons (Fsp3) is 0.658. The lowest BCUT2D eigenvalue weighted by atomic mass is 9.64. The van der Waals surface area contributed by atoms with Crippen molar-refractivity contribution >= 4 is 11.6 Å². The zero-order valence-corrected chi connectivity index (χ0v) is 26.4.